The summed E-state index contributed by atoms with van der Waals surface area (Å²) >= 11 is 0. The van der Waals surface area contributed by atoms with Crippen molar-refractivity contribution in [3.63, 3.8) is 0 Å². The maximum atomic E-state index is 14.0. The topological polar surface area (TPSA) is 101 Å². The fraction of sp³-hybridized carbons (Fsp3) is 0.312. The lowest BCUT2D eigenvalue weighted by Crippen LogP contribution is -2.40. The van der Waals surface area contributed by atoms with Crippen molar-refractivity contribution in [3.8, 4) is 11.5 Å². The second-order valence-electron chi connectivity index (χ2n) is 11.4. The van der Waals surface area contributed by atoms with Crippen molar-refractivity contribution in [1.29, 1.82) is 0 Å². The number of anilines is 1. The number of ether oxygens (including phenoxy) is 1. The van der Waals surface area contributed by atoms with Crippen LogP contribution in [-0.2, 0) is 31.5 Å². The van der Waals surface area contributed by atoms with Crippen LogP contribution in [0.25, 0.3) is 0 Å². The monoisotopic (exact) mass is 631 g/mol. The van der Waals surface area contributed by atoms with Crippen molar-refractivity contribution in [3.05, 3.63) is 87.5 Å². The zero-order chi connectivity index (χ0) is 32.7. The molecule has 0 saturated carbocycles. The molecule has 0 spiro atoms. The van der Waals surface area contributed by atoms with Crippen LogP contribution in [0, 0.1) is 17.8 Å². The van der Waals surface area contributed by atoms with Crippen molar-refractivity contribution in [2.24, 2.45) is 17.8 Å². The number of carbonyl (C=O) groups excluding carboxylic acids is 4. The van der Waals surface area contributed by atoms with Gasteiger partial charge in [0.2, 0.25) is 11.8 Å². The summed E-state index contributed by atoms with van der Waals surface area (Å²) < 4.78 is 86.9. The highest BCUT2D eigenvalue weighted by molar-refractivity contribution is 6.25. The summed E-state index contributed by atoms with van der Waals surface area (Å²) in [7, 11) is 1.31. The summed E-state index contributed by atoms with van der Waals surface area (Å²) in [5.74, 6) is -7.63. The van der Waals surface area contributed by atoms with Crippen LogP contribution >= 0.6 is 0 Å². The van der Waals surface area contributed by atoms with Crippen LogP contribution in [0.4, 0.5) is 32.0 Å². The second-order valence-corrected chi connectivity index (χ2v) is 11.4. The van der Waals surface area contributed by atoms with E-state index in [2.05, 4.69) is 0 Å². The Morgan fingerprint density at radius 3 is 2.16 bits per heavy atom. The van der Waals surface area contributed by atoms with E-state index in [1.54, 1.807) is 12.1 Å². The Balaban J connectivity index is 1.49. The number of halogens is 6. The summed E-state index contributed by atoms with van der Waals surface area (Å²) in [6.45, 7) is 1.46. The molecule has 7 nitrogen and oxygen atoms in total. The van der Waals surface area contributed by atoms with Gasteiger partial charge in [-0.2, -0.15) is 26.3 Å². The minimum absolute atomic E-state index is 0.0535. The normalized spacial score (nSPS) is 25.1. The van der Waals surface area contributed by atoms with Gasteiger partial charge < -0.3 is 9.84 Å². The maximum absolute atomic E-state index is 14.0. The number of amides is 2. The number of alkyl halides is 6. The summed E-state index contributed by atoms with van der Waals surface area (Å²) in [4.78, 5) is 54.7. The molecule has 234 valence electrons. The number of carbonyl (C=O) groups is 4. The highest BCUT2D eigenvalue weighted by Crippen LogP contribution is 2.57. The molecule has 2 aromatic carbocycles. The predicted molar refractivity (Wildman–Crippen MR) is 145 cm³/mol. The molecule has 13 heteroatoms. The lowest BCUT2D eigenvalue weighted by Gasteiger charge is -2.42. The Morgan fingerprint density at radius 2 is 1.56 bits per heavy atom. The van der Waals surface area contributed by atoms with Crippen LogP contribution in [0.3, 0.4) is 0 Å². The molecule has 1 aliphatic heterocycles. The van der Waals surface area contributed by atoms with Gasteiger partial charge in [-0.3, -0.25) is 19.2 Å². The number of hydrogen-bond donors (Lipinski definition) is 1. The fourth-order valence-corrected chi connectivity index (χ4v) is 6.98. The van der Waals surface area contributed by atoms with Gasteiger partial charge in [-0.05, 0) is 56.0 Å². The van der Waals surface area contributed by atoms with Crippen LogP contribution in [0.2, 0.25) is 0 Å². The number of rotatable bonds is 3. The van der Waals surface area contributed by atoms with Gasteiger partial charge in [0.05, 0.1) is 35.8 Å². The SMILES string of the molecule is COc1cccc([C@H]2C3=CC[C@@H]4C(=O)N(c5cc(C(F)(F)F)cc(C(F)(F)F)c5)C(=O)[C@@H]4[C@@H]3CC3=C2C(=O)C(C)=CC3=O)c1O. The quantitative estimate of drug-likeness (QED) is 0.191. The number of benzene rings is 2. The molecule has 0 radical (unpaired) electrons. The third-order valence-corrected chi connectivity index (χ3v) is 8.96. The van der Waals surface area contributed by atoms with Crippen molar-refractivity contribution in [2.75, 3.05) is 12.0 Å². The molecular formula is C32H23F6NO6. The summed E-state index contributed by atoms with van der Waals surface area (Å²) in [5.41, 5.74) is -3.33. The zero-order valence-corrected chi connectivity index (χ0v) is 23.5. The van der Waals surface area contributed by atoms with Crippen LogP contribution in [-0.4, -0.2) is 35.6 Å². The molecule has 3 aliphatic carbocycles. The Morgan fingerprint density at radius 1 is 0.911 bits per heavy atom. The largest absolute Gasteiger partial charge is 0.504 e. The van der Waals surface area contributed by atoms with Gasteiger partial charge in [0.15, 0.2) is 23.1 Å². The van der Waals surface area contributed by atoms with Gasteiger partial charge in [-0.1, -0.05) is 23.8 Å². The van der Waals surface area contributed by atoms with Gasteiger partial charge in [0.25, 0.3) is 0 Å². The first-order valence-electron chi connectivity index (χ1n) is 13.8. The highest BCUT2D eigenvalue weighted by atomic mass is 19.4. The first-order chi connectivity index (χ1) is 21.0. The zero-order valence-electron chi connectivity index (χ0n) is 23.5. The Hall–Kier alpha value is -4.68. The first kappa shape index (κ1) is 30.4. The molecular weight excluding hydrogens is 608 g/mol. The molecule has 0 unspecified atom stereocenters. The number of hydrogen-bond acceptors (Lipinski definition) is 6. The third-order valence-electron chi connectivity index (χ3n) is 8.96. The molecule has 1 fully saturated rings. The number of ketones is 2. The molecule has 0 bridgehead atoms. The number of nitrogens with zero attached hydrogens (tertiary/aromatic N) is 1. The van der Waals surface area contributed by atoms with Crippen LogP contribution in [0.15, 0.2) is 70.8 Å². The van der Waals surface area contributed by atoms with E-state index in [1.807, 2.05) is 0 Å². The summed E-state index contributed by atoms with van der Waals surface area (Å²) in [6.07, 6.45) is -7.97. The van der Waals surface area contributed by atoms with Gasteiger partial charge in [-0.15, -0.1) is 0 Å². The van der Waals surface area contributed by atoms with E-state index in [0.29, 0.717) is 22.6 Å². The molecule has 0 aromatic heterocycles. The van der Waals surface area contributed by atoms with Crippen LogP contribution < -0.4 is 9.64 Å². The number of imide groups is 1. The van der Waals surface area contributed by atoms with E-state index in [4.69, 9.17) is 4.74 Å². The molecule has 2 amide bonds. The average Bonchev–Trinajstić information content (AvgIpc) is 3.23. The average molecular weight is 632 g/mol. The molecule has 45 heavy (non-hydrogen) atoms. The van der Waals surface area contributed by atoms with Gasteiger partial charge in [0.1, 0.15) is 0 Å². The minimum atomic E-state index is -5.21. The Kier molecular flexibility index (Phi) is 6.86. The number of allylic oxidation sites excluding steroid dienone is 6. The minimum Gasteiger partial charge on any atom is -0.504 e. The standard InChI is InChI=1S/C32H23F6NO6/c1-13-8-22(40)21-12-20-17(24(26(21)27(13)41)18-4-3-5-23(45-2)28(18)42)6-7-19-25(20)30(44)39(29(19)43)16-10-14(31(33,34)35)9-15(11-16)32(36,37)38/h3-6,8-11,19-20,24-25,42H,7,12H2,1-2H3/t19-,20+,24+,25-/m0/s1. The Labute approximate surface area is 251 Å². The first-order valence-corrected chi connectivity index (χ1v) is 13.8. The van der Waals surface area contributed by atoms with Crippen molar-refractivity contribution in [2.45, 2.75) is 38.0 Å². The molecule has 4 atom stereocenters. The van der Waals surface area contributed by atoms with Crippen molar-refractivity contribution in [1.82, 2.24) is 0 Å². The predicted octanol–water partition coefficient (Wildman–Crippen LogP) is 6.07. The molecule has 1 N–H and O–H groups in total. The van der Waals surface area contributed by atoms with Gasteiger partial charge >= 0.3 is 12.4 Å². The molecule has 1 saturated heterocycles. The van der Waals surface area contributed by atoms with Crippen molar-refractivity contribution >= 4 is 29.1 Å². The van der Waals surface area contributed by atoms with E-state index in [0.717, 1.165) is 6.08 Å². The van der Waals surface area contributed by atoms with Gasteiger partial charge in [-0.25, -0.2) is 4.90 Å². The number of Topliss-reactive ketones (excluding diaryl/α,β-unsaturated/α-hetero) is 1. The molecule has 4 aliphatic rings. The van der Waals surface area contributed by atoms with Crippen LogP contribution in [0.5, 0.6) is 11.5 Å². The lowest BCUT2D eigenvalue weighted by atomic mass is 9.59. The maximum Gasteiger partial charge on any atom is 0.416 e. The van der Waals surface area contributed by atoms with Crippen LogP contribution in [0.1, 0.15) is 42.4 Å². The van der Waals surface area contributed by atoms with E-state index in [-0.39, 0.29) is 52.7 Å². The lowest BCUT2D eigenvalue weighted by molar-refractivity contribution is -0.143. The van der Waals surface area contributed by atoms with E-state index >= 15 is 0 Å². The number of phenols is 1. The second kappa shape index (κ2) is 10.2. The molecule has 2 aromatic rings. The summed E-state index contributed by atoms with van der Waals surface area (Å²) in [6, 6.07) is 5.10. The number of para-hydroxylation sites is 1. The smallest absolute Gasteiger partial charge is 0.416 e. The number of fused-ring (bicyclic) bond motifs is 3. The highest BCUT2D eigenvalue weighted by Gasteiger charge is 2.57. The van der Waals surface area contributed by atoms with Crippen molar-refractivity contribution < 1.29 is 55.4 Å². The van der Waals surface area contributed by atoms with E-state index in [9.17, 15) is 50.6 Å². The summed E-state index contributed by atoms with van der Waals surface area (Å²) in [5, 5.41) is 11.1. The molecule has 1 heterocycles. The molecule has 6 rings (SSSR count). The Bertz CT molecular complexity index is 1770. The third kappa shape index (κ3) is 4.67. The van der Waals surface area contributed by atoms with Gasteiger partial charge in [0, 0.05) is 28.2 Å². The number of phenolic OH excluding ortho intramolecular Hbond substituents is 1. The number of methoxy groups -OCH3 is 1. The van der Waals surface area contributed by atoms with E-state index in [1.165, 1.54) is 26.2 Å². The number of aromatic hydroxyl groups is 1. The van der Waals surface area contributed by atoms with E-state index < -0.39 is 76.2 Å². The fourth-order valence-electron chi connectivity index (χ4n) is 6.98.